The molecule has 1 aliphatic carbocycles. The van der Waals surface area contributed by atoms with E-state index in [1.54, 1.807) is 28.9 Å². The number of methoxy groups -OCH3 is 1. The van der Waals surface area contributed by atoms with Gasteiger partial charge >= 0.3 is 11.9 Å². The van der Waals surface area contributed by atoms with Crippen LogP contribution in [0, 0.1) is 0 Å². The lowest BCUT2D eigenvalue weighted by Crippen LogP contribution is -2.23. The number of nitrogens with one attached hydrogen (secondary N) is 1. The first-order valence-electron chi connectivity index (χ1n) is 9.86. The fraction of sp³-hybridized carbons (Fsp3) is 0.217. The summed E-state index contributed by atoms with van der Waals surface area (Å²) in [6.07, 6.45) is 2.09. The van der Waals surface area contributed by atoms with E-state index in [4.69, 9.17) is 9.47 Å². The number of carbonyl (C=O) groups is 3. The van der Waals surface area contributed by atoms with E-state index < -0.39 is 24.5 Å². The summed E-state index contributed by atoms with van der Waals surface area (Å²) in [4.78, 5) is 36.9. The molecule has 158 valence electrons. The van der Waals surface area contributed by atoms with E-state index in [2.05, 4.69) is 10.4 Å². The summed E-state index contributed by atoms with van der Waals surface area (Å²) in [7, 11) is 1.26. The Hall–Kier alpha value is -3.94. The average molecular weight is 419 g/mol. The molecule has 2 aromatic carbocycles. The summed E-state index contributed by atoms with van der Waals surface area (Å²) in [5.41, 5.74) is 2.32. The lowest BCUT2D eigenvalue weighted by Gasteiger charge is -2.10. The highest BCUT2D eigenvalue weighted by molar-refractivity contribution is 6.02. The molecule has 0 spiro atoms. The molecule has 4 rings (SSSR count). The maximum Gasteiger partial charge on any atom is 0.357 e. The maximum absolute atomic E-state index is 12.7. The van der Waals surface area contributed by atoms with Crippen LogP contribution in [0.25, 0.3) is 5.69 Å². The molecule has 31 heavy (non-hydrogen) atoms. The summed E-state index contributed by atoms with van der Waals surface area (Å²) in [6, 6.07) is 17.4. The second kappa shape index (κ2) is 8.83. The SMILES string of the molecule is COC(=O)c1ccccc1NC(=O)COC(=O)c1cc(C2CC2)nn1-c1ccccc1. The maximum atomic E-state index is 12.7. The molecule has 0 saturated heterocycles. The second-order valence-electron chi connectivity index (χ2n) is 7.14. The van der Waals surface area contributed by atoms with Gasteiger partial charge in [0.05, 0.1) is 29.7 Å². The van der Waals surface area contributed by atoms with E-state index in [0.29, 0.717) is 5.92 Å². The molecule has 0 radical (unpaired) electrons. The number of para-hydroxylation sites is 2. The second-order valence-corrected chi connectivity index (χ2v) is 7.14. The highest BCUT2D eigenvalue weighted by Gasteiger charge is 2.29. The number of aromatic nitrogens is 2. The molecule has 1 N–H and O–H groups in total. The standard InChI is InChI=1S/C23H21N3O5/c1-30-22(28)17-9-5-6-10-18(17)24-21(27)14-31-23(29)20-13-19(15-11-12-15)25-26(20)16-7-3-2-4-8-16/h2-10,13,15H,11-12,14H2,1H3,(H,24,27). The fourth-order valence-electron chi connectivity index (χ4n) is 3.16. The highest BCUT2D eigenvalue weighted by Crippen LogP contribution is 2.39. The zero-order chi connectivity index (χ0) is 21.8. The first-order valence-corrected chi connectivity index (χ1v) is 9.86. The minimum atomic E-state index is -0.653. The molecule has 1 saturated carbocycles. The average Bonchev–Trinajstić information content (AvgIpc) is 3.56. The van der Waals surface area contributed by atoms with Crippen LogP contribution in [0.2, 0.25) is 0 Å². The number of benzene rings is 2. The van der Waals surface area contributed by atoms with E-state index in [0.717, 1.165) is 24.2 Å². The first kappa shape index (κ1) is 20.3. The summed E-state index contributed by atoms with van der Waals surface area (Å²) in [5, 5.41) is 7.14. The molecule has 8 heteroatoms. The summed E-state index contributed by atoms with van der Waals surface area (Å²) in [6.45, 7) is -0.507. The number of rotatable bonds is 7. The number of amides is 1. The van der Waals surface area contributed by atoms with Crippen LogP contribution in [0.4, 0.5) is 5.69 Å². The zero-order valence-corrected chi connectivity index (χ0v) is 16.9. The van der Waals surface area contributed by atoms with E-state index in [9.17, 15) is 14.4 Å². The predicted octanol–water partition coefficient (Wildman–Crippen LogP) is 3.33. The molecule has 8 nitrogen and oxygen atoms in total. The van der Waals surface area contributed by atoms with Crippen molar-refractivity contribution in [3.05, 3.63) is 77.6 Å². The van der Waals surface area contributed by atoms with Gasteiger partial charge in [0.1, 0.15) is 0 Å². The first-order chi connectivity index (χ1) is 15.1. The third-order valence-electron chi connectivity index (χ3n) is 4.87. The van der Waals surface area contributed by atoms with Gasteiger partial charge in [-0.25, -0.2) is 14.3 Å². The Kier molecular flexibility index (Phi) is 5.79. The van der Waals surface area contributed by atoms with Gasteiger partial charge in [0, 0.05) is 5.92 Å². The van der Waals surface area contributed by atoms with Gasteiger partial charge in [-0.2, -0.15) is 5.10 Å². The van der Waals surface area contributed by atoms with Gasteiger partial charge in [-0.05, 0) is 43.2 Å². The zero-order valence-electron chi connectivity index (χ0n) is 16.9. The smallest absolute Gasteiger partial charge is 0.357 e. The Labute approximate surface area is 178 Å². The van der Waals surface area contributed by atoms with Crippen LogP contribution in [0.3, 0.4) is 0 Å². The minimum absolute atomic E-state index is 0.209. The van der Waals surface area contributed by atoms with Crippen LogP contribution < -0.4 is 5.32 Å². The Bertz CT molecular complexity index is 1120. The molecule has 1 fully saturated rings. The van der Waals surface area contributed by atoms with E-state index >= 15 is 0 Å². The number of carbonyl (C=O) groups excluding carboxylic acids is 3. The van der Waals surface area contributed by atoms with E-state index in [-0.39, 0.29) is 16.9 Å². The van der Waals surface area contributed by atoms with Crippen molar-refractivity contribution in [1.29, 1.82) is 0 Å². The number of hydrogen-bond acceptors (Lipinski definition) is 6. The van der Waals surface area contributed by atoms with E-state index in [1.165, 1.54) is 13.2 Å². The molecular weight excluding hydrogens is 398 g/mol. The van der Waals surface area contributed by atoms with Crippen molar-refractivity contribution >= 4 is 23.5 Å². The number of ether oxygens (including phenoxy) is 2. The molecule has 3 aromatic rings. The molecule has 0 unspecified atom stereocenters. The third-order valence-corrected chi connectivity index (χ3v) is 4.87. The Morgan fingerprint density at radius 2 is 1.74 bits per heavy atom. The van der Waals surface area contributed by atoms with Gasteiger partial charge in [0.25, 0.3) is 5.91 Å². The van der Waals surface area contributed by atoms with Crippen LogP contribution in [-0.2, 0) is 14.3 Å². The number of esters is 2. The van der Waals surface area contributed by atoms with Gasteiger partial charge < -0.3 is 14.8 Å². The van der Waals surface area contributed by atoms with Crippen molar-refractivity contribution in [2.24, 2.45) is 0 Å². The van der Waals surface area contributed by atoms with Crippen LogP contribution in [0.15, 0.2) is 60.7 Å². The van der Waals surface area contributed by atoms with Crippen LogP contribution >= 0.6 is 0 Å². The van der Waals surface area contributed by atoms with Crippen molar-refractivity contribution < 1.29 is 23.9 Å². The van der Waals surface area contributed by atoms with Gasteiger partial charge in [0.2, 0.25) is 0 Å². The van der Waals surface area contributed by atoms with Crippen molar-refractivity contribution in [2.75, 3.05) is 19.0 Å². The number of anilines is 1. The normalized spacial score (nSPS) is 12.8. The van der Waals surface area contributed by atoms with Crippen molar-refractivity contribution in [3.63, 3.8) is 0 Å². The van der Waals surface area contributed by atoms with Crippen LogP contribution in [0.5, 0.6) is 0 Å². The Morgan fingerprint density at radius 1 is 1.03 bits per heavy atom. The molecular formula is C23H21N3O5. The summed E-state index contributed by atoms with van der Waals surface area (Å²) >= 11 is 0. The summed E-state index contributed by atoms with van der Waals surface area (Å²) in [5.74, 6) is -1.44. The molecule has 0 bridgehead atoms. The largest absolute Gasteiger partial charge is 0.465 e. The van der Waals surface area contributed by atoms with Gasteiger partial charge in [-0.1, -0.05) is 30.3 Å². The Balaban J connectivity index is 1.46. The van der Waals surface area contributed by atoms with Crippen LogP contribution in [-0.4, -0.2) is 41.3 Å². The van der Waals surface area contributed by atoms with Crippen molar-refractivity contribution in [1.82, 2.24) is 9.78 Å². The third kappa shape index (κ3) is 4.63. The topological polar surface area (TPSA) is 99.5 Å². The van der Waals surface area contributed by atoms with E-state index in [1.807, 2.05) is 30.3 Å². The van der Waals surface area contributed by atoms with Crippen LogP contribution in [0.1, 0.15) is 45.3 Å². The molecule has 1 aromatic heterocycles. The van der Waals surface area contributed by atoms with Crippen molar-refractivity contribution in [3.8, 4) is 5.69 Å². The number of nitrogens with zero attached hydrogens (tertiary/aromatic N) is 2. The molecule has 1 aliphatic rings. The number of hydrogen-bond donors (Lipinski definition) is 1. The minimum Gasteiger partial charge on any atom is -0.465 e. The van der Waals surface area contributed by atoms with Gasteiger partial charge in [0.15, 0.2) is 12.3 Å². The molecule has 1 heterocycles. The predicted molar refractivity (Wildman–Crippen MR) is 112 cm³/mol. The highest BCUT2D eigenvalue weighted by atomic mass is 16.5. The van der Waals surface area contributed by atoms with Crippen molar-refractivity contribution in [2.45, 2.75) is 18.8 Å². The van der Waals surface area contributed by atoms with Gasteiger partial charge in [-0.3, -0.25) is 4.79 Å². The lowest BCUT2D eigenvalue weighted by atomic mass is 10.2. The van der Waals surface area contributed by atoms with Gasteiger partial charge in [-0.15, -0.1) is 0 Å². The Morgan fingerprint density at radius 3 is 2.45 bits per heavy atom. The fourth-order valence-corrected chi connectivity index (χ4v) is 3.16. The summed E-state index contributed by atoms with van der Waals surface area (Å²) < 4.78 is 11.5. The molecule has 0 atom stereocenters. The monoisotopic (exact) mass is 419 g/mol. The molecule has 0 aliphatic heterocycles. The quantitative estimate of drug-likeness (QED) is 0.590. The molecule has 1 amide bonds. The lowest BCUT2D eigenvalue weighted by molar-refractivity contribution is -0.119.